The zero-order valence-electron chi connectivity index (χ0n) is 7.04. The summed E-state index contributed by atoms with van der Waals surface area (Å²) in [6, 6.07) is 0. The van der Waals surface area contributed by atoms with Crippen LogP contribution in [-0.2, 0) is 39.2 Å². The van der Waals surface area contributed by atoms with Crippen LogP contribution >= 0.6 is 0 Å². The Kier molecular flexibility index (Phi) is 2.28. The third-order valence-electron chi connectivity index (χ3n) is 1.96. The predicted molar refractivity (Wildman–Crippen MR) is 34.6 cm³/mol. The van der Waals surface area contributed by atoms with Crippen LogP contribution in [0.1, 0.15) is 20.8 Å². The molecule has 5 heteroatoms. The van der Waals surface area contributed by atoms with Crippen LogP contribution in [0.15, 0.2) is 0 Å². The van der Waals surface area contributed by atoms with Crippen LogP contribution in [0.3, 0.4) is 0 Å². The molecule has 1 heterocycles. The van der Waals surface area contributed by atoms with Crippen molar-refractivity contribution in [1.29, 1.82) is 0 Å². The van der Waals surface area contributed by atoms with Crippen molar-refractivity contribution in [3.8, 4) is 0 Å². The Morgan fingerprint density at radius 2 is 1.58 bits per heavy atom. The molecule has 0 spiro atoms. The van der Waals surface area contributed by atoms with Gasteiger partial charge in [0.2, 0.25) is 0 Å². The minimum atomic E-state index is -1.16. The summed E-state index contributed by atoms with van der Waals surface area (Å²) in [4.78, 5) is 31.7. The molecule has 0 radical (unpaired) electrons. The van der Waals surface area contributed by atoms with Gasteiger partial charge in [0.25, 0.3) is 0 Å². The van der Waals surface area contributed by atoms with E-state index in [4.69, 9.17) is 0 Å². The first-order chi connectivity index (χ1) is 5.34. The molecular formula is C7H9MoO4. The van der Waals surface area contributed by atoms with Gasteiger partial charge in [-0.2, -0.15) is 0 Å². The van der Waals surface area contributed by atoms with Crippen LogP contribution in [0.5, 0.6) is 0 Å². The molecule has 1 rings (SSSR count). The maximum atomic E-state index is 11.2. The second-order valence-corrected chi connectivity index (χ2v) is 4.41. The van der Waals surface area contributed by atoms with E-state index in [1.165, 1.54) is 33.7 Å². The summed E-state index contributed by atoms with van der Waals surface area (Å²) >= 11 is 1.45. The Hall–Kier alpha value is -0.0517. The van der Waals surface area contributed by atoms with Crippen molar-refractivity contribution in [2.24, 2.45) is 0 Å². The molecule has 12 heavy (non-hydrogen) atoms. The number of rotatable bonds is 3. The zero-order valence-corrected chi connectivity index (χ0v) is 9.05. The number of hydrogen-bond acceptors (Lipinski definition) is 4. The van der Waals surface area contributed by atoms with E-state index in [-0.39, 0.29) is 11.6 Å². The fourth-order valence-corrected chi connectivity index (χ4v) is 1.23. The molecule has 0 aliphatic carbocycles. The summed E-state index contributed by atoms with van der Waals surface area (Å²) in [5.74, 6) is -1.52. The number of ketones is 2. The van der Waals surface area contributed by atoms with Gasteiger partial charge in [0.15, 0.2) is 0 Å². The van der Waals surface area contributed by atoms with Crippen LogP contribution < -0.4 is 0 Å². The molecule has 0 aromatic carbocycles. The SMILES string of the molecule is CC(=O)[C]([Mo])(C(C)=O)C1(C)OO1. The van der Waals surface area contributed by atoms with Gasteiger partial charge in [-0.25, -0.2) is 0 Å². The second-order valence-electron chi connectivity index (χ2n) is 2.91. The van der Waals surface area contributed by atoms with E-state index in [2.05, 4.69) is 9.78 Å². The van der Waals surface area contributed by atoms with Gasteiger partial charge in [0.05, 0.1) is 0 Å². The second kappa shape index (κ2) is 2.72. The van der Waals surface area contributed by atoms with Gasteiger partial charge in [-0.3, -0.25) is 0 Å². The van der Waals surface area contributed by atoms with Crippen molar-refractivity contribution in [3.63, 3.8) is 0 Å². The number of Topliss-reactive ketones (excluding diaryl/α,β-unsaturated/α-hetero) is 2. The first-order valence-corrected chi connectivity index (χ1v) is 4.44. The van der Waals surface area contributed by atoms with Crippen molar-refractivity contribution in [2.75, 3.05) is 0 Å². The minimum absolute atomic E-state index is 0.236. The van der Waals surface area contributed by atoms with Crippen LogP contribution in [0.25, 0.3) is 0 Å². The Morgan fingerprint density at radius 3 is 1.67 bits per heavy atom. The Labute approximate surface area is 81.4 Å². The molecule has 0 amide bonds. The van der Waals surface area contributed by atoms with Crippen LogP contribution in [0.4, 0.5) is 0 Å². The van der Waals surface area contributed by atoms with Crippen molar-refractivity contribution >= 4 is 11.6 Å². The van der Waals surface area contributed by atoms with E-state index >= 15 is 0 Å². The summed E-state index contributed by atoms with van der Waals surface area (Å²) in [6.07, 6.45) is 0. The van der Waals surface area contributed by atoms with Gasteiger partial charge in [-0.05, 0) is 0 Å². The normalized spacial score (nSPS) is 20.2. The number of carbonyl (C=O) groups is 2. The standard InChI is InChI=1S/C7H9O4.Mo/c1-4(8)6(5(2)9)7(3)10-11-7;/h1-3H3;. The molecular weight excluding hydrogens is 244 g/mol. The van der Waals surface area contributed by atoms with Gasteiger partial charge >= 0.3 is 81.1 Å². The molecule has 0 atom stereocenters. The summed E-state index contributed by atoms with van der Waals surface area (Å²) in [5.41, 5.74) is 0. The van der Waals surface area contributed by atoms with Gasteiger partial charge < -0.3 is 0 Å². The average molecular weight is 253 g/mol. The predicted octanol–water partition coefficient (Wildman–Crippen LogP) is 0.548. The van der Waals surface area contributed by atoms with Crippen LogP contribution in [0.2, 0.25) is 3.80 Å². The van der Waals surface area contributed by atoms with E-state index in [1.807, 2.05) is 0 Å². The number of hydrogen-bond donors (Lipinski definition) is 0. The average Bonchev–Trinajstić information content (AvgIpc) is 2.66. The summed E-state index contributed by atoms with van der Waals surface area (Å²) < 4.78 is -1.16. The molecule has 0 N–H and O–H groups in total. The summed E-state index contributed by atoms with van der Waals surface area (Å²) in [5, 5.41) is 0. The van der Waals surface area contributed by atoms with Crippen molar-refractivity contribution in [1.82, 2.24) is 0 Å². The molecule has 0 aromatic rings. The van der Waals surface area contributed by atoms with E-state index in [9.17, 15) is 9.59 Å². The van der Waals surface area contributed by atoms with Gasteiger partial charge in [-0.1, -0.05) is 0 Å². The molecule has 1 fully saturated rings. The third kappa shape index (κ3) is 1.18. The summed E-state index contributed by atoms with van der Waals surface area (Å²) in [6.45, 7) is 4.30. The quantitative estimate of drug-likeness (QED) is 0.319. The van der Waals surface area contributed by atoms with Crippen LogP contribution in [-0.4, -0.2) is 17.4 Å². The molecule has 1 aliphatic rings. The van der Waals surface area contributed by atoms with Gasteiger partial charge in [0.1, 0.15) is 0 Å². The molecule has 0 unspecified atom stereocenters. The molecule has 4 nitrogen and oxygen atoms in total. The molecule has 0 bridgehead atoms. The maximum absolute atomic E-state index is 11.2. The fraction of sp³-hybridized carbons (Fsp3) is 0.714. The van der Waals surface area contributed by atoms with Crippen molar-refractivity contribution in [2.45, 2.75) is 30.4 Å². The summed E-state index contributed by atoms with van der Waals surface area (Å²) in [7, 11) is 0. The van der Waals surface area contributed by atoms with E-state index in [1.54, 1.807) is 6.92 Å². The monoisotopic (exact) mass is 255 g/mol. The topological polar surface area (TPSA) is 59.2 Å². The first kappa shape index (κ1) is 10.0. The Morgan fingerprint density at radius 1 is 1.25 bits per heavy atom. The molecule has 0 saturated carbocycles. The van der Waals surface area contributed by atoms with E-state index in [0.29, 0.717) is 0 Å². The van der Waals surface area contributed by atoms with Gasteiger partial charge in [-0.15, -0.1) is 0 Å². The van der Waals surface area contributed by atoms with Gasteiger partial charge in [0, 0.05) is 0 Å². The van der Waals surface area contributed by atoms with Crippen molar-refractivity contribution < 1.29 is 39.2 Å². The van der Waals surface area contributed by atoms with E-state index < -0.39 is 9.59 Å². The zero-order chi connectivity index (χ0) is 9.57. The van der Waals surface area contributed by atoms with Crippen LogP contribution in [0, 0.1) is 0 Å². The van der Waals surface area contributed by atoms with Crippen molar-refractivity contribution in [3.05, 3.63) is 0 Å². The molecule has 0 aromatic heterocycles. The third-order valence-corrected chi connectivity index (χ3v) is 4.29. The molecule has 67 valence electrons. The molecule has 1 saturated heterocycles. The Bertz CT molecular complexity index is 230. The van der Waals surface area contributed by atoms with E-state index in [0.717, 1.165) is 0 Å². The molecule has 1 aliphatic heterocycles. The first-order valence-electron chi connectivity index (χ1n) is 3.44. The Balaban J connectivity index is 3.03. The fourth-order valence-electron chi connectivity index (χ4n) is 1.07. The number of carbonyl (C=O) groups excluding carboxylic acids is 2.